The molecule has 1 N–H and O–H groups in total. The molecular weight excluding hydrogens is 292 g/mol. The zero-order valence-electron chi connectivity index (χ0n) is 14.0. The first-order chi connectivity index (χ1) is 11.0. The van der Waals surface area contributed by atoms with Gasteiger partial charge in [0.15, 0.2) is 0 Å². The number of hydrogen-bond donors (Lipinski definition) is 1. The third-order valence-corrected chi connectivity index (χ3v) is 4.69. The van der Waals surface area contributed by atoms with Crippen LogP contribution in [-0.4, -0.2) is 34.7 Å². The smallest absolute Gasteiger partial charge is 0.208 e. The van der Waals surface area contributed by atoms with Crippen molar-refractivity contribution in [2.45, 2.75) is 44.9 Å². The second-order valence-corrected chi connectivity index (χ2v) is 6.37. The molecule has 1 aliphatic heterocycles. The molecular formula is C18H24N2O3. The van der Waals surface area contributed by atoms with Gasteiger partial charge in [0.05, 0.1) is 19.9 Å². The van der Waals surface area contributed by atoms with Crippen LogP contribution in [0.15, 0.2) is 34.9 Å². The Bertz CT molecular complexity index is 649. The Labute approximate surface area is 136 Å². The quantitative estimate of drug-likeness (QED) is 0.919. The monoisotopic (exact) mass is 316 g/mol. The number of aryl methyl sites for hydroxylation is 1. The highest BCUT2D eigenvalue weighted by Gasteiger charge is 2.40. The van der Waals surface area contributed by atoms with Gasteiger partial charge < -0.3 is 14.3 Å². The van der Waals surface area contributed by atoms with Gasteiger partial charge in [-0.25, -0.2) is 4.98 Å². The van der Waals surface area contributed by atoms with Gasteiger partial charge in [-0.05, 0) is 50.9 Å². The molecule has 1 saturated heterocycles. The summed E-state index contributed by atoms with van der Waals surface area (Å²) >= 11 is 0. The molecule has 5 nitrogen and oxygen atoms in total. The van der Waals surface area contributed by atoms with Crippen molar-refractivity contribution in [2.24, 2.45) is 0 Å². The number of aliphatic hydroxyl groups is 1. The van der Waals surface area contributed by atoms with Gasteiger partial charge in [0.2, 0.25) is 5.89 Å². The fourth-order valence-electron chi connectivity index (χ4n) is 3.42. The van der Waals surface area contributed by atoms with E-state index in [-0.39, 0.29) is 6.04 Å². The normalized spacial score (nSPS) is 21.3. The molecule has 0 radical (unpaired) electrons. The summed E-state index contributed by atoms with van der Waals surface area (Å²) in [5.74, 6) is 2.32. The molecule has 124 valence electrons. The van der Waals surface area contributed by atoms with Gasteiger partial charge in [-0.15, -0.1) is 0 Å². The molecule has 2 heterocycles. The number of aromatic nitrogens is 1. The van der Waals surface area contributed by atoms with Gasteiger partial charge >= 0.3 is 0 Å². The van der Waals surface area contributed by atoms with E-state index in [2.05, 4.69) is 9.88 Å². The van der Waals surface area contributed by atoms with Crippen LogP contribution in [-0.2, 0) is 12.1 Å². The third-order valence-electron chi connectivity index (χ3n) is 4.69. The summed E-state index contributed by atoms with van der Waals surface area (Å²) < 4.78 is 10.8. The Morgan fingerprint density at radius 3 is 2.74 bits per heavy atom. The van der Waals surface area contributed by atoms with Crippen LogP contribution in [0.1, 0.15) is 37.0 Å². The Hall–Kier alpha value is -1.85. The zero-order valence-corrected chi connectivity index (χ0v) is 14.0. The first-order valence-corrected chi connectivity index (χ1v) is 8.03. The minimum absolute atomic E-state index is 0.0445. The lowest BCUT2D eigenvalue weighted by Gasteiger charge is -2.36. The summed E-state index contributed by atoms with van der Waals surface area (Å²) in [6, 6.07) is 7.69. The van der Waals surface area contributed by atoms with Gasteiger partial charge in [0.25, 0.3) is 0 Å². The minimum atomic E-state index is -0.926. The maximum absolute atomic E-state index is 11.2. The number of ether oxygens (including phenoxy) is 1. The molecule has 0 bridgehead atoms. The molecule has 23 heavy (non-hydrogen) atoms. The summed E-state index contributed by atoms with van der Waals surface area (Å²) in [5, 5.41) is 11.2. The van der Waals surface area contributed by atoms with Crippen molar-refractivity contribution in [1.29, 1.82) is 0 Å². The molecule has 0 spiro atoms. The molecule has 0 unspecified atom stereocenters. The molecule has 3 rings (SSSR count). The largest absolute Gasteiger partial charge is 0.497 e. The van der Waals surface area contributed by atoms with Gasteiger partial charge in [-0.1, -0.05) is 12.1 Å². The molecule has 1 aliphatic rings. The Morgan fingerprint density at radius 2 is 2.13 bits per heavy atom. The van der Waals surface area contributed by atoms with E-state index < -0.39 is 5.60 Å². The van der Waals surface area contributed by atoms with Gasteiger partial charge in [-0.3, -0.25) is 4.90 Å². The van der Waals surface area contributed by atoms with Crippen molar-refractivity contribution in [3.05, 3.63) is 47.7 Å². The second-order valence-electron chi connectivity index (χ2n) is 6.37. The highest BCUT2D eigenvalue weighted by Crippen LogP contribution is 2.36. The van der Waals surface area contributed by atoms with Crippen molar-refractivity contribution in [3.8, 4) is 5.75 Å². The lowest BCUT2D eigenvalue weighted by Crippen LogP contribution is -2.45. The van der Waals surface area contributed by atoms with E-state index in [1.54, 1.807) is 13.3 Å². The summed E-state index contributed by atoms with van der Waals surface area (Å²) in [6.07, 6.45) is 3.76. The summed E-state index contributed by atoms with van der Waals surface area (Å²) in [6.45, 7) is 5.35. The van der Waals surface area contributed by atoms with Crippen LogP contribution >= 0.6 is 0 Å². The number of methoxy groups -OCH3 is 1. The first-order valence-electron chi connectivity index (χ1n) is 8.03. The topological polar surface area (TPSA) is 58.7 Å². The Kier molecular flexibility index (Phi) is 4.41. The van der Waals surface area contributed by atoms with Crippen molar-refractivity contribution < 1.29 is 14.3 Å². The van der Waals surface area contributed by atoms with Crippen LogP contribution in [0.5, 0.6) is 5.75 Å². The van der Waals surface area contributed by atoms with E-state index in [9.17, 15) is 5.11 Å². The molecule has 1 fully saturated rings. The number of benzene rings is 1. The minimum Gasteiger partial charge on any atom is -0.497 e. The molecule has 0 amide bonds. The number of oxazole rings is 1. The molecule has 0 saturated carbocycles. The van der Waals surface area contributed by atoms with Crippen molar-refractivity contribution >= 4 is 0 Å². The molecule has 1 aromatic carbocycles. The van der Waals surface area contributed by atoms with Crippen LogP contribution in [0.4, 0.5) is 0 Å². The average molecular weight is 316 g/mol. The average Bonchev–Trinajstić information content (AvgIpc) is 3.17. The van der Waals surface area contributed by atoms with Crippen molar-refractivity contribution in [1.82, 2.24) is 9.88 Å². The van der Waals surface area contributed by atoms with Gasteiger partial charge in [0, 0.05) is 6.04 Å². The third kappa shape index (κ3) is 3.26. The number of hydrogen-bond acceptors (Lipinski definition) is 5. The predicted molar refractivity (Wildman–Crippen MR) is 87.2 cm³/mol. The number of rotatable bonds is 5. The molecule has 0 aliphatic carbocycles. The molecule has 5 heteroatoms. The molecule has 2 atom stereocenters. The van der Waals surface area contributed by atoms with E-state index in [0.29, 0.717) is 12.4 Å². The van der Waals surface area contributed by atoms with Gasteiger partial charge in [0.1, 0.15) is 17.1 Å². The number of nitrogens with zero attached hydrogens (tertiary/aromatic N) is 2. The van der Waals surface area contributed by atoms with Crippen LogP contribution in [0.3, 0.4) is 0 Å². The maximum atomic E-state index is 11.2. The summed E-state index contributed by atoms with van der Waals surface area (Å²) in [7, 11) is 1.64. The number of likely N-dealkylation sites (tertiary alicyclic amines) is 1. The second kappa shape index (κ2) is 6.34. The van der Waals surface area contributed by atoms with Crippen LogP contribution in [0, 0.1) is 6.92 Å². The first kappa shape index (κ1) is 16.0. The highest BCUT2D eigenvalue weighted by atomic mass is 16.5. The van der Waals surface area contributed by atoms with Gasteiger partial charge in [-0.2, -0.15) is 0 Å². The molecule has 1 aromatic heterocycles. The Balaban J connectivity index is 1.79. The maximum Gasteiger partial charge on any atom is 0.208 e. The van der Waals surface area contributed by atoms with Crippen LogP contribution < -0.4 is 4.74 Å². The summed E-state index contributed by atoms with van der Waals surface area (Å²) in [5.41, 5.74) is -0.0245. The van der Waals surface area contributed by atoms with Crippen LogP contribution in [0.2, 0.25) is 0 Å². The van der Waals surface area contributed by atoms with Crippen molar-refractivity contribution in [2.75, 3.05) is 13.7 Å². The van der Waals surface area contributed by atoms with E-state index in [1.165, 1.54) is 0 Å². The SMILES string of the molecule is COc1ccc([C@@](C)(O)[C@H]2CCCN2Cc2ncc(C)o2)cc1. The summed E-state index contributed by atoms with van der Waals surface area (Å²) in [4.78, 5) is 6.54. The fourth-order valence-corrected chi connectivity index (χ4v) is 3.42. The van der Waals surface area contributed by atoms with Crippen molar-refractivity contribution in [3.63, 3.8) is 0 Å². The van der Waals surface area contributed by atoms with Crippen LogP contribution in [0.25, 0.3) is 0 Å². The van der Waals surface area contributed by atoms with E-state index in [0.717, 1.165) is 36.5 Å². The lowest BCUT2D eigenvalue weighted by molar-refractivity contribution is -0.0274. The van der Waals surface area contributed by atoms with E-state index in [4.69, 9.17) is 9.15 Å². The fraction of sp³-hybridized carbons (Fsp3) is 0.500. The highest BCUT2D eigenvalue weighted by molar-refractivity contribution is 5.31. The van der Waals surface area contributed by atoms with E-state index >= 15 is 0 Å². The zero-order chi connectivity index (χ0) is 16.4. The molecule has 2 aromatic rings. The Morgan fingerprint density at radius 1 is 1.39 bits per heavy atom. The predicted octanol–water partition coefficient (Wildman–Crippen LogP) is 2.86. The standard InChI is InChI=1S/C18H24N2O3/c1-13-11-19-17(23-13)12-20-10-4-5-16(20)18(2,21)14-6-8-15(22-3)9-7-14/h6-9,11,16,21H,4-5,10,12H2,1-3H3/t16-,18-/m1/s1. The lowest BCUT2D eigenvalue weighted by atomic mass is 9.86. The van der Waals surface area contributed by atoms with E-state index in [1.807, 2.05) is 38.1 Å².